The average molecular weight is 215 g/mol. The number of nitrogens with zero attached hydrogens (tertiary/aromatic N) is 1. The highest BCUT2D eigenvalue weighted by molar-refractivity contribution is 7.71. The second-order valence-corrected chi connectivity index (χ2v) is 3.78. The van der Waals surface area contributed by atoms with Gasteiger partial charge in [0, 0.05) is 10.5 Å². The van der Waals surface area contributed by atoms with Gasteiger partial charge in [0.2, 0.25) is 6.54 Å². The van der Waals surface area contributed by atoms with Crippen molar-refractivity contribution < 1.29 is 13.3 Å². The van der Waals surface area contributed by atoms with Gasteiger partial charge in [0.25, 0.3) is 0 Å². The SMILES string of the molecule is O=[N+]([O-])Cc1ccc(C[SH](=O)=O)cc1. The molecule has 0 aliphatic carbocycles. The van der Waals surface area contributed by atoms with Gasteiger partial charge in [-0.2, -0.15) is 0 Å². The lowest BCUT2D eigenvalue weighted by Gasteiger charge is -1.97. The van der Waals surface area contributed by atoms with Crippen LogP contribution in [0.2, 0.25) is 0 Å². The van der Waals surface area contributed by atoms with Crippen LogP contribution in [0.15, 0.2) is 24.3 Å². The first-order valence-electron chi connectivity index (χ1n) is 3.89. The van der Waals surface area contributed by atoms with Crippen LogP contribution in [-0.2, 0) is 23.0 Å². The summed E-state index contributed by atoms with van der Waals surface area (Å²) in [6.07, 6.45) is 0. The van der Waals surface area contributed by atoms with Gasteiger partial charge >= 0.3 is 0 Å². The third-order valence-corrected chi connectivity index (χ3v) is 2.27. The fourth-order valence-corrected chi connectivity index (χ4v) is 1.56. The van der Waals surface area contributed by atoms with E-state index in [-0.39, 0.29) is 12.3 Å². The minimum absolute atomic E-state index is 0.0198. The van der Waals surface area contributed by atoms with Gasteiger partial charge in [-0.3, -0.25) is 10.1 Å². The summed E-state index contributed by atoms with van der Waals surface area (Å²) in [5, 5.41) is 10.1. The summed E-state index contributed by atoms with van der Waals surface area (Å²) in [5.41, 5.74) is 1.22. The highest BCUT2D eigenvalue weighted by atomic mass is 32.2. The second-order valence-electron chi connectivity index (χ2n) is 2.80. The molecule has 0 atom stereocenters. The molecule has 0 bridgehead atoms. The molecule has 6 heteroatoms. The third kappa shape index (κ3) is 3.53. The van der Waals surface area contributed by atoms with Crippen molar-refractivity contribution >= 4 is 10.7 Å². The quantitative estimate of drug-likeness (QED) is 0.452. The Morgan fingerprint density at radius 3 is 2.07 bits per heavy atom. The monoisotopic (exact) mass is 215 g/mol. The maximum absolute atomic E-state index is 10.4. The zero-order valence-corrected chi connectivity index (χ0v) is 8.15. The predicted molar refractivity (Wildman–Crippen MR) is 51.2 cm³/mol. The Morgan fingerprint density at radius 2 is 1.64 bits per heavy atom. The maximum Gasteiger partial charge on any atom is 0.228 e. The topological polar surface area (TPSA) is 77.3 Å². The van der Waals surface area contributed by atoms with Crippen molar-refractivity contribution in [3.05, 3.63) is 45.5 Å². The molecule has 0 aliphatic rings. The van der Waals surface area contributed by atoms with Gasteiger partial charge in [0.15, 0.2) is 0 Å². The molecule has 0 aliphatic heterocycles. The molecule has 0 radical (unpaired) electrons. The summed E-state index contributed by atoms with van der Waals surface area (Å²) in [5.74, 6) is -0.0198. The first-order valence-corrected chi connectivity index (χ1v) is 5.25. The number of hydrogen-bond acceptors (Lipinski definition) is 4. The number of nitro groups is 1. The molecule has 1 aromatic rings. The van der Waals surface area contributed by atoms with E-state index in [4.69, 9.17) is 0 Å². The lowest BCUT2D eigenvalue weighted by molar-refractivity contribution is -0.496. The molecule has 14 heavy (non-hydrogen) atoms. The third-order valence-electron chi connectivity index (χ3n) is 1.65. The van der Waals surface area contributed by atoms with Gasteiger partial charge < -0.3 is 0 Å². The van der Waals surface area contributed by atoms with Crippen LogP contribution in [0.25, 0.3) is 0 Å². The van der Waals surface area contributed by atoms with E-state index in [1.807, 2.05) is 0 Å². The molecule has 0 unspecified atom stereocenters. The first kappa shape index (κ1) is 10.6. The van der Waals surface area contributed by atoms with Crippen LogP contribution >= 0.6 is 0 Å². The van der Waals surface area contributed by atoms with E-state index in [2.05, 4.69) is 0 Å². The summed E-state index contributed by atoms with van der Waals surface area (Å²) >= 11 is 0. The van der Waals surface area contributed by atoms with Crippen LogP contribution < -0.4 is 0 Å². The number of rotatable bonds is 4. The number of thiol groups is 1. The van der Waals surface area contributed by atoms with Crippen molar-refractivity contribution in [1.29, 1.82) is 0 Å². The van der Waals surface area contributed by atoms with Gasteiger partial charge in [-0.1, -0.05) is 24.3 Å². The maximum atomic E-state index is 10.4. The Morgan fingerprint density at radius 1 is 1.14 bits per heavy atom. The summed E-state index contributed by atoms with van der Waals surface area (Å²) in [6.45, 7) is -0.232. The van der Waals surface area contributed by atoms with E-state index in [0.717, 1.165) is 0 Å². The highest BCUT2D eigenvalue weighted by Crippen LogP contribution is 2.06. The minimum atomic E-state index is -2.44. The minimum Gasteiger partial charge on any atom is -0.264 e. The van der Waals surface area contributed by atoms with Crippen LogP contribution in [0.3, 0.4) is 0 Å². The summed E-state index contributed by atoms with van der Waals surface area (Å²) < 4.78 is 20.7. The molecule has 0 amide bonds. The van der Waals surface area contributed by atoms with Crippen molar-refractivity contribution in [1.82, 2.24) is 0 Å². The van der Waals surface area contributed by atoms with Crippen LogP contribution in [0.5, 0.6) is 0 Å². The van der Waals surface area contributed by atoms with E-state index >= 15 is 0 Å². The molecular weight excluding hydrogens is 206 g/mol. The Bertz CT molecular complexity index is 388. The zero-order valence-electron chi connectivity index (χ0n) is 7.25. The van der Waals surface area contributed by atoms with Gasteiger partial charge in [-0.15, -0.1) is 0 Å². The summed E-state index contributed by atoms with van der Waals surface area (Å²) in [7, 11) is -2.44. The second kappa shape index (κ2) is 4.71. The smallest absolute Gasteiger partial charge is 0.228 e. The van der Waals surface area contributed by atoms with E-state index < -0.39 is 15.6 Å². The van der Waals surface area contributed by atoms with Crippen LogP contribution in [0.4, 0.5) is 0 Å². The van der Waals surface area contributed by atoms with Crippen LogP contribution in [0.1, 0.15) is 11.1 Å². The zero-order chi connectivity index (χ0) is 10.6. The van der Waals surface area contributed by atoms with Crippen molar-refractivity contribution in [2.24, 2.45) is 0 Å². The van der Waals surface area contributed by atoms with E-state index in [1.54, 1.807) is 24.3 Å². The van der Waals surface area contributed by atoms with Gasteiger partial charge in [-0.05, 0) is 5.56 Å². The van der Waals surface area contributed by atoms with E-state index in [1.165, 1.54) is 0 Å². The van der Waals surface area contributed by atoms with Crippen LogP contribution in [0, 0.1) is 10.1 Å². The normalized spacial score (nSPS) is 10.4. The summed E-state index contributed by atoms with van der Waals surface area (Å²) in [4.78, 5) is 9.71. The predicted octanol–water partition coefficient (Wildman–Crippen LogP) is 0.575. The Labute approximate surface area is 82.5 Å². The van der Waals surface area contributed by atoms with Crippen molar-refractivity contribution in [3.8, 4) is 0 Å². The highest BCUT2D eigenvalue weighted by Gasteiger charge is 2.01. The Balaban J connectivity index is 2.73. The Hall–Kier alpha value is -1.43. The molecule has 0 fully saturated rings. The molecular formula is C8H9NO4S. The molecule has 0 heterocycles. The molecule has 76 valence electrons. The van der Waals surface area contributed by atoms with Gasteiger partial charge in [-0.25, -0.2) is 8.42 Å². The lowest BCUT2D eigenvalue weighted by Crippen LogP contribution is -1.98. The van der Waals surface area contributed by atoms with E-state index in [0.29, 0.717) is 11.1 Å². The van der Waals surface area contributed by atoms with Crippen molar-refractivity contribution in [2.45, 2.75) is 12.3 Å². The number of benzene rings is 1. The van der Waals surface area contributed by atoms with E-state index in [9.17, 15) is 18.5 Å². The summed E-state index contributed by atoms with van der Waals surface area (Å²) in [6, 6.07) is 6.31. The Kier molecular flexibility index (Phi) is 3.58. The number of hydrogen-bond donors (Lipinski definition) is 1. The molecule has 5 nitrogen and oxygen atoms in total. The molecule has 0 aromatic heterocycles. The van der Waals surface area contributed by atoms with Crippen LogP contribution in [-0.4, -0.2) is 13.3 Å². The fraction of sp³-hybridized carbons (Fsp3) is 0.250. The van der Waals surface area contributed by atoms with Crippen molar-refractivity contribution in [2.75, 3.05) is 0 Å². The molecule has 0 saturated heterocycles. The van der Waals surface area contributed by atoms with Gasteiger partial charge in [0.1, 0.15) is 10.7 Å². The average Bonchev–Trinajstić information content (AvgIpc) is 2.06. The molecule has 1 aromatic carbocycles. The molecule has 1 rings (SSSR count). The lowest BCUT2D eigenvalue weighted by atomic mass is 10.1. The molecule has 0 N–H and O–H groups in total. The van der Waals surface area contributed by atoms with Gasteiger partial charge in [0.05, 0.1) is 5.75 Å². The standard InChI is InChI=1S/C8H9NO4S/c10-9(11)5-7-1-3-8(4-2-7)6-14(12)13/h1-4,14H,5-6H2. The molecule has 0 saturated carbocycles. The molecule has 0 spiro atoms. The fourth-order valence-electron chi connectivity index (χ4n) is 1.05. The first-order chi connectivity index (χ1) is 6.58. The largest absolute Gasteiger partial charge is 0.264 e. The van der Waals surface area contributed by atoms with Crippen molar-refractivity contribution in [3.63, 3.8) is 0 Å².